The molecule has 0 aliphatic heterocycles. The monoisotopic (exact) mass is 183 g/mol. The number of carbonyl (C=O) groups is 1. The summed E-state index contributed by atoms with van der Waals surface area (Å²) in [7, 11) is 0. The second-order valence-corrected chi connectivity index (χ2v) is 2.47. The number of hydrogen-bond donors (Lipinski definition) is 1. The Balaban J connectivity index is 3.36. The van der Waals surface area contributed by atoms with Crippen molar-refractivity contribution in [3.63, 3.8) is 0 Å². The Morgan fingerprint density at radius 3 is 2.85 bits per heavy atom. The average molecular weight is 183 g/mol. The van der Waals surface area contributed by atoms with Gasteiger partial charge in [0.25, 0.3) is 0 Å². The predicted molar refractivity (Wildman–Crippen MR) is 53.6 cm³/mol. The average Bonchev–Trinajstić information content (AvgIpc) is 2.14. The number of hydrogen-bond acceptors (Lipinski definition) is 2. The molecule has 0 bridgehead atoms. The highest BCUT2D eigenvalue weighted by molar-refractivity contribution is 5.67. The lowest BCUT2D eigenvalue weighted by molar-refractivity contribution is 0.147. The van der Waals surface area contributed by atoms with Gasteiger partial charge in [-0.15, -0.1) is 0 Å². The summed E-state index contributed by atoms with van der Waals surface area (Å²) >= 11 is 0. The first-order valence-corrected chi connectivity index (χ1v) is 4.49. The van der Waals surface area contributed by atoms with E-state index in [1.54, 1.807) is 0 Å². The van der Waals surface area contributed by atoms with E-state index in [1.165, 1.54) is 0 Å². The molecular formula is C10H17NO2. The number of nitrogens with one attached hydrogen (secondary N) is 1. The van der Waals surface area contributed by atoms with E-state index in [2.05, 4.69) is 5.32 Å². The summed E-state index contributed by atoms with van der Waals surface area (Å²) in [5.74, 6) is 0. The fourth-order valence-electron chi connectivity index (χ4n) is 0.646. The van der Waals surface area contributed by atoms with Crippen molar-refractivity contribution in [1.29, 1.82) is 0 Å². The molecule has 0 saturated carbocycles. The normalized spacial score (nSPS) is 10.9. The van der Waals surface area contributed by atoms with E-state index in [-0.39, 0.29) is 6.09 Å². The molecule has 0 aromatic carbocycles. The van der Waals surface area contributed by atoms with Crippen LogP contribution in [0.15, 0.2) is 24.3 Å². The van der Waals surface area contributed by atoms with Gasteiger partial charge in [-0.1, -0.05) is 31.2 Å². The fraction of sp³-hybridized carbons (Fsp3) is 0.500. The SMILES string of the molecule is C/C=C\C=C/CNC(=O)OCCC. The number of rotatable bonds is 5. The molecule has 1 N–H and O–H groups in total. The van der Waals surface area contributed by atoms with Crippen molar-refractivity contribution in [3.8, 4) is 0 Å². The summed E-state index contributed by atoms with van der Waals surface area (Å²) < 4.78 is 4.80. The van der Waals surface area contributed by atoms with Crippen molar-refractivity contribution in [1.82, 2.24) is 5.32 Å². The maximum absolute atomic E-state index is 10.8. The van der Waals surface area contributed by atoms with Gasteiger partial charge in [-0.05, 0) is 13.3 Å². The zero-order valence-corrected chi connectivity index (χ0v) is 8.25. The van der Waals surface area contributed by atoms with Gasteiger partial charge in [0.05, 0.1) is 6.61 Å². The maximum atomic E-state index is 10.8. The summed E-state index contributed by atoms with van der Waals surface area (Å²) in [5.41, 5.74) is 0. The maximum Gasteiger partial charge on any atom is 0.407 e. The predicted octanol–water partition coefficient (Wildman–Crippen LogP) is 2.25. The molecule has 0 aromatic rings. The molecule has 1 amide bonds. The van der Waals surface area contributed by atoms with Crippen LogP contribution in [0.2, 0.25) is 0 Å². The standard InChI is InChI=1S/C10H17NO2/c1-3-5-6-7-8-11-10(12)13-9-4-2/h3,5-7H,4,8-9H2,1-2H3,(H,11,12)/b5-3-,7-6-. The van der Waals surface area contributed by atoms with Gasteiger partial charge in [0.15, 0.2) is 0 Å². The molecule has 0 spiro atoms. The number of alkyl carbamates (subject to hydrolysis) is 1. The first-order chi connectivity index (χ1) is 6.31. The largest absolute Gasteiger partial charge is 0.450 e. The van der Waals surface area contributed by atoms with E-state index in [0.717, 1.165) is 6.42 Å². The molecule has 0 atom stereocenters. The minimum atomic E-state index is -0.355. The first-order valence-electron chi connectivity index (χ1n) is 4.49. The van der Waals surface area contributed by atoms with Crippen molar-refractivity contribution < 1.29 is 9.53 Å². The van der Waals surface area contributed by atoms with Gasteiger partial charge in [-0.3, -0.25) is 0 Å². The number of ether oxygens (including phenoxy) is 1. The highest BCUT2D eigenvalue weighted by Gasteiger charge is 1.95. The zero-order valence-electron chi connectivity index (χ0n) is 8.25. The number of carbonyl (C=O) groups excluding carboxylic acids is 1. The van der Waals surface area contributed by atoms with Crippen molar-refractivity contribution in [2.24, 2.45) is 0 Å². The molecule has 0 unspecified atom stereocenters. The summed E-state index contributed by atoms with van der Waals surface area (Å²) in [5, 5.41) is 2.59. The third-order valence-corrected chi connectivity index (χ3v) is 1.24. The highest BCUT2D eigenvalue weighted by atomic mass is 16.5. The van der Waals surface area contributed by atoms with Crippen LogP contribution in [0.5, 0.6) is 0 Å². The second-order valence-electron chi connectivity index (χ2n) is 2.47. The number of amides is 1. The Hall–Kier alpha value is -1.25. The molecule has 0 fully saturated rings. The lowest BCUT2D eigenvalue weighted by Crippen LogP contribution is -2.24. The Bertz CT molecular complexity index is 185. The van der Waals surface area contributed by atoms with Crippen LogP contribution in [0, 0.1) is 0 Å². The first kappa shape index (κ1) is 11.8. The van der Waals surface area contributed by atoms with Crippen molar-refractivity contribution in [3.05, 3.63) is 24.3 Å². The Morgan fingerprint density at radius 2 is 2.23 bits per heavy atom. The van der Waals surface area contributed by atoms with Crippen molar-refractivity contribution in [2.75, 3.05) is 13.2 Å². The lowest BCUT2D eigenvalue weighted by Gasteiger charge is -2.02. The zero-order chi connectivity index (χ0) is 9.94. The van der Waals surface area contributed by atoms with Gasteiger partial charge in [0, 0.05) is 6.54 Å². The Labute approximate surface area is 79.5 Å². The van der Waals surface area contributed by atoms with Gasteiger partial charge in [-0.2, -0.15) is 0 Å². The van der Waals surface area contributed by atoms with E-state index in [9.17, 15) is 4.79 Å². The van der Waals surface area contributed by atoms with Crippen LogP contribution < -0.4 is 5.32 Å². The second kappa shape index (κ2) is 8.84. The number of allylic oxidation sites excluding steroid dienone is 3. The molecule has 0 heterocycles. The van der Waals surface area contributed by atoms with Crippen molar-refractivity contribution >= 4 is 6.09 Å². The van der Waals surface area contributed by atoms with E-state index >= 15 is 0 Å². The van der Waals surface area contributed by atoms with E-state index in [1.807, 2.05) is 38.2 Å². The van der Waals surface area contributed by atoms with Gasteiger partial charge in [-0.25, -0.2) is 4.79 Å². The van der Waals surface area contributed by atoms with Crippen molar-refractivity contribution in [2.45, 2.75) is 20.3 Å². The Morgan fingerprint density at radius 1 is 1.46 bits per heavy atom. The van der Waals surface area contributed by atoms with Gasteiger partial charge < -0.3 is 10.1 Å². The molecule has 0 aliphatic rings. The van der Waals surface area contributed by atoms with Crippen LogP contribution in [0.4, 0.5) is 4.79 Å². The summed E-state index contributed by atoms with van der Waals surface area (Å²) in [6.07, 6.45) is 8.05. The minimum Gasteiger partial charge on any atom is -0.450 e. The summed E-state index contributed by atoms with van der Waals surface area (Å²) in [6.45, 7) is 4.88. The van der Waals surface area contributed by atoms with E-state index in [0.29, 0.717) is 13.2 Å². The molecule has 0 rings (SSSR count). The van der Waals surface area contributed by atoms with Crippen LogP contribution in [0.1, 0.15) is 20.3 Å². The molecule has 0 saturated heterocycles. The molecule has 3 nitrogen and oxygen atoms in total. The molecule has 74 valence electrons. The molecule has 3 heteroatoms. The molecule has 13 heavy (non-hydrogen) atoms. The third-order valence-electron chi connectivity index (χ3n) is 1.24. The van der Waals surface area contributed by atoms with Crippen LogP contribution in [0.3, 0.4) is 0 Å². The topological polar surface area (TPSA) is 38.3 Å². The van der Waals surface area contributed by atoms with Crippen LogP contribution in [-0.4, -0.2) is 19.2 Å². The minimum absolute atomic E-state index is 0.355. The van der Waals surface area contributed by atoms with E-state index < -0.39 is 0 Å². The van der Waals surface area contributed by atoms with Gasteiger partial charge >= 0.3 is 6.09 Å². The molecule has 0 radical (unpaired) electrons. The summed E-state index contributed by atoms with van der Waals surface area (Å²) in [6, 6.07) is 0. The molecular weight excluding hydrogens is 166 g/mol. The third kappa shape index (κ3) is 8.66. The molecule has 0 aromatic heterocycles. The summed E-state index contributed by atoms with van der Waals surface area (Å²) in [4.78, 5) is 10.8. The van der Waals surface area contributed by atoms with E-state index in [4.69, 9.17) is 4.74 Å². The Kier molecular flexibility index (Phi) is 7.99. The van der Waals surface area contributed by atoms with Crippen LogP contribution in [-0.2, 0) is 4.74 Å². The van der Waals surface area contributed by atoms with Gasteiger partial charge in [0.2, 0.25) is 0 Å². The lowest BCUT2D eigenvalue weighted by atomic mass is 10.4. The quantitative estimate of drug-likeness (QED) is 0.664. The highest BCUT2D eigenvalue weighted by Crippen LogP contribution is 1.82. The van der Waals surface area contributed by atoms with Crippen LogP contribution >= 0.6 is 0 Å². The molecule has 0 aliphatic carbocycles. The fourth-order valence-corrected chi connectivity index (χ4v) is 0.646. The van der Waals surface area contributed by atoms with Crippen LogP contribution in [0.25, 0.3) is 0 Å². The van der Waals surface area contributed by atoms with Gasteiger partial charge in [0.1, 0.15) is 0 Å². The smallest absolute Gasteiger partial charge is 0.407 e.